The molecule has 0 unspecified atom stereocenters. The second-order valence-corrected chi connectivity index (χ2v) is 5.77. The minimum Gasteiger partial charge on any atom is -0.454 e. The molecule has 0 saturated heterocycles. The lowest BCUT2D eigenvalue weighted by atomic mass is 10.1. The lowest BCUT2D eigenvalue weighted by Gasteiger charge is -2.17. The van der Waals surface area contributed by atoms with Gasteiger partial charge in [0.05, 0.1) is 0 Å². The van der Waals surface area contributed by atoms with Crippen molar-refractivity contribution in [1.29, 1.82) is 0 Å². The zero-order chi connectivity index (χ0) is 14.8. The number of nitrogens with zero attached hydrogens (tertiary/aromatic N) is 1. The van der Waals surface area contributed by atoms with Gasteiger partial charge < -0.3 is 14.4 Å². The van der Waals surface area contributed by atoms with Gasteiger partial charge in [-0.25, -0.2) is 0 Å². The number of halogens is 1. The summed E-state index contributed by atoms with van der Waals surface area (Å²) in [6, 6.07) is 13.2. The van der Waals surface area contributed by atoms with Gasteiger partial charge in [0.1, 0.15) is 0 Å². The van der Waals surface area contributed by atoms with Crippen LogP contribution in [0.1, 0.15) is 15.9 Å². The summed E-state index contributed by atoms with van der Waals surface area (Å²) in [4.78, 5) is 14.1. The summed E-state index contributed by atoms with van der Waals surface area (Å²) in [6.07, 6.45) is 0. The Morgan fingerprint density at radius 3 is 2.62 bits per heavy atom. The maximum absolute atomic E-state index is 12.4. The number of benzene rings is 2. The van der Waals surface area contributed by atoms with Crippen LogP contribution in [-0.4, -0.2) is 24.6 Å². The SMILES string of the molecule is CN(Cc1ccc(Br)cc1)C(=O)c1ccc2c(c1)OCO2. The van der Waals surface area contributed by atoms with Gasteiger partial charge in [-0.3, -0.25) is 4.79 Å². The van der Waals surface area contributed by atoms with E-state index in [1.165, 1.54) is 0 Å². The van der Waals surface area contributed by atoms with Crippen molar-refractivity contribution < 1.29 is 14.3 Å². The Bertz CT molecular complexity index is 670. The Morgan fingerprint density at radius 2 is 1.86 bits per heavy atom. The van der Waals surface area contributed by atoms with E-state index in [2.05, 4.69) is 15.9 Å². The van der Waals surface area contributed by atoms with Crippen LogP contribution in [0.2, 0.25) is 0 Å². The molecular weight excluding hydrogens is 334 g/mol. The third-order valence-electron chi connectivity index (χ3n) is 3.30. The average molecular weight is 348 g/mol. The van der Waals surface area contributed by atoms with Gasteiger partial charge in [0, 0.05) is 23.6 Å². The van der Waals surface area contributed by atoms with E-state index in [4.69, 9.17) is 9.47 Å². The fraction of sp³-hybridized carbons (Fsp3) is 0.188. The highest BCUT2D eigenvalue weighted by Gasteiger charge is 2.18. The standard InChI is InChI=1S/C16H14BrNO3/c1-18(9-11-2-5-13(17)6-3-11)16(19)12-4-7-14-15(8-12)21-10-20-14/h2-8H,9-10H2,1H3. The predicted octanol–water partition coefficient (Wildman–Crippen LogP) is 3.45. The normalized spacial score (nSPS) is 12.3. The summed E-state index contributed by atoms with van der Waals surface area (Å²) >= 11 is 3.40. The van der Waals surface area contributed by atoms with Crippen LogP contribution >= 0.6 is 15.9 Å². The van der Waals surface area contributed by atoms with Crippen LogP contribution in [0.3, 0.4) is 0 Å². The predicted molar refractivity (Wildman–Crippen MR) is 82.5 cm³/mol. The molecule has 5 heteroatoms. The largest absolute Gasteiger partial charge is 0.454 e. The molecule has 1 heterocycles. The van der Waals surface area contributed by atoms with Crippen LogP contribution < -0.4 is 9.47 Å². The quantitative estimate of drug-likeness (QED) is 0.853. The fourth-order valence-electron chi connectivity index (χ4n) is 2.19. The van der Waals surface area contributed by atoms with Gasteiger partial charge >= 0.3 is 0 Å². The van der Waals surface area contributed by atoms with Crippen molar-refractivity contribution in [2.45, 2.75) is 6.54 Å². The van der Waals surface area contributed by atoms with E-state index in [0.29, 0.717) is 23.6 Å². The molecule has 1 aliphatic heterocycles. The third kappa shape index (κ3) is 3.03. The first-order valence-corrected chi connectivity index (χ1v) is 7.32. The van der Waals surface area contributed by atoms with Crippen LogP contribution in [0.25, 0.3) is 0 Å². The number of carbonyl (C=O) groups excluding carboxylic acids is 1. The highest BCUT2D eigenvalue weighted by Crippen LogP contribution is 2.32. The van der Waals surface area contributed by atoms with E-state index in [0.717, 1.165) is 10.0 Å². The van der Waals surface area contributed by atoms with Gasteiger partial charge in [-0.2, -0.15) is 0 Å². The molecule has 2 aromatic carbocycles. The molecule has 0 bridgehead atoms. The van der Waals surface area contributed by atoms with Gasteiger partial charge in [0.15, 0.2) is 11.5 Å². The maximum Gasteiger partial charge on any atom is 0.254 e. The molecule has 0 N–H and O–H groups in total. The number of hydrogen-bond donors (Lipinski definition) is 0. The molecule has 108 valence electrons. The first-order valence-electron chi connectivity index (χ1n) is 6.53. The number of amides is 1. The molecule has 21 heavy (non-hydrogen) atoms. The Balaban J connectivity index is 1.73. The smallest absolute Gasteiger partial charge is 0.254 e. The summed E-state index contributed by atoms with van der Waals surface area (Å²) in [5.74, 6) is 1.26. The summed E-state index contributed by atoms with van der Waals surface area (Å²) in [7, 11) is 1.79. The first kappa shape index (κ1) is 13.9. The van der Waals surface area contributed by atoms with E-state index in [-0.39, 0.29) is 12.7 Å². The second-order valence-electron chi connectivity index (χ2n) is 4.86. The molecule has 0 spiro atoms. The number of fused-ring (bicyclic) bond motifs is 1. The van der Waals surface area contributed by atoms with Gasteiger partial charge in [-0.05, 0) is 35.9 Å². The molecule has 0 aliphatic carbocycles. The zero-order valence-corrected chi connectivity index (χ0v) is 13.1. The summed E-state index contributed by atoms with van der Waals surface area (Å²) < 4.78 is 11.6. The van der Waals surface area contributed by atoms with Gasteiger partial charge in [0.25, 0.3) is 5.91 Å². The van der Waals surface area contributed by atoms with Crippen LogP contribution in [0.5, 0.6) is 11.5 Å². The van der Waals surface area contributed by atoms with Crippen molar-refractivity contribution in [3.05, 3.63) is 58.1 Å². The molecule has 3 rings (SSSR count). The minimum absolute atomic E-state index is 0.0452. The number of ether oxygens (including phenoxy) is 2. The van der Waals surface area contributed by atoms with Crippen molar-refractivity contribution in [2.75, 3.05) is 13.8 Å². The van der Waals surface area contributed by atoms with E-state index in [1.807, 2.05) is 24.3 Å². The molecule has 0 fully saturated rings. The van der Waals surface area contributed by atoms with Crippen LogP contribution in [0, 0.1) is 0 Å². The van der Waals surface area contributed by atoms with Crippen molar-refractivity contribution >= 4 is 21.8 Å². The Morgan fingerprint density at radius 1 is 1.14 bits per heavy atom. The number of carbonyl (C=O) groups is 1. The van der Waals surface area contributed by atoms with Crippen LogP contribution in [0.4, 0.5) is 0 Å². The monoisotopic (exact) mass is 347 g/mol. The first-order chi connectivity index (χ1) is 10.1. The van der Waals surface area contributed by atoms with Crippen LogP contribution in [-0.2, 0) is 6.54 Å². The highest BCUT2D eigenvalue weighted by atomic mass is 79.9. The van der Waals surface area contributed by atoms with E-state index in [9.17, 15) is 4.79 Å². The van der Waals surface area contributed by atoms with Crippen molar-refractivity contribution in [3.8, 4) is 11.5 Å². The zero-order valence-electron chi connectivity index (χ0n) is 11.5. The minimum atomic E-state index is -0.0452. The second kappa shape index (κ2) is 5.77. The van der Waals surface area contributed by atoms with E-state index < -0.39 is 0 Å². The van der Waals surface area contributed by atoms with E-state index >= 15 is 0 Å². The number of hydrogen-bond acceptors (Lipinski definition) is 3. The van der Waals surface area contributed by atoms with Crippen molar-refractivity contribution in [3.63, 3.8) is 0 Å². The summed E-state index contributed by atoms with van der Waals surface area (Å²) in [6.45, 7) is 0.766. The molecule has 0 radical (unpaired) electrons. The topological polar surface area (TPSA) is 38.8 Å². The number of rotatable bonds is 3. The molecule has 2 aromatic rings. The average Bonchev–Trinajstić information content (AvgIpc) is 2.96. The van der Waals surface area contributed by atoms with Gasteiger partial charge in [-0.15, -0.1) is 0 Å². The molecule has 0 aromatic heterocycles. The molecule has 4 nitrogen and oxygen atoms in total. The molecule has 0 saturated carbocycles. The molecule has 1 aliphatic rings. The Kier molecular flexibility index (Phi) is 3.84. The van der Waals surface area contributed by atoms with Crippen LogP contribution in [0.15, 0.2) is 46.9 Å². The fourth-order valence-corrected chi connectivity index (χ4v) is 2.45. The molecular formula is C16H14BrNO3. The Hall–Kier alpha value is -2.01. The highest BCUT2D eigenvalue weighted by molar-refractivity contribution is 9.10. The maximum atomic E-state index is 12.4. The van der Waals surface area contributed by atoms with E-state index in [1.54, 1.807) is 30.1 Å². The van der Waals surface area contributed by atoms with Gasteiger partial charge in [0.2, 0.25) is 6.79 Å². The summed E-state index contributed by atoms with van der Waals surface area (Å²) in [5, 5.41) is 0. The Labute approximate surface area is 131 Å². The molecule has 0 atom stereocenters. The van der Waals surface area contributed by atoms with Crippen molar-refractivity contribution in [1.82, 2.24) is 4.90 Å². The van der Waals surface area contributed by atoms with Gasteiger partial charge in [-0.1, -0.05) is 28.1 Å². The van der Waals surface area contributed by atoms with Crippen molar-refractivity contribution in [2.24, 2.45) is 0 Å². The summed E-state index contributed by atoms with van der Waals surface area (Å²) in [5.41, 5.74) is 1.67. The lowest BCUT2D eigenvalue weighted by molar-refractivity contribution is 0.0784. The third-order valence-corrected chi connectivity index (χ3v) is 3.83. The molecule has 1 amide bonds. The lowest BCUT2D eigenvalue weighted by Crippen LogP contribution is -2.26.